The number of ether oxygens (including phenoxy) is 3. The summed E-state index contributed by atoms with van der Waals surface area (Å²) in [5, 5.41) is 29.6. The van der Waals surface area contributed by atoms with E-state index in [0.717, 1.165) is 107 Å². The Morgan fingerprint density at radius 1 is 0.444 bits per heavy atom. The predicted octanol–water partition coefficient (Wildman–Crippen LogP) is 7.90. The Kier molecular flexibility index (Phi) is 37.1. The minimum Gasteiger partial charge on any atom is -0.662 e. The van der Waals surface area contributed by atoms with E-state index in [4.69, 9.17) is 84.1 Å². The van der Waals surface area contributed by atoms with Crippen LogP contribution in [0.25, 0.3) is 44.1 Å². The van der Waals surface area contributed by atoms with Crippen molar-refractivity contribution in [2.45, 2.75) is 181 Å². The quantitative estimate of drug-likeness (QED) is 0.0121. The maximum absolute atomic E-state index is 12.4. The predicted molar refractivity (Wildman–Crippen MR) is 505 cm³/mol. The molecule has 39 nitrogen and oxygen atoms in total. The van der Waals surface area contributed by atoms with Crippen LogP contribution in [0.4, 0.5) is 17.8 Å². The molecule has 0 fully saturated rings. The van der Waals surface area contributed by atoms with Gasteiger partial charge in [0.2, 0.25) is 23.1 Å². The van der Waals surface area contributed by atoms with Crippen molar-refractivity contribution >= 4 is 161 Å². The summed E-state index contributed by atoms with van der Waals surface area (Å²) < 4.78 is 121. The number of nitrogens with one attached hydrogen (secondary N) is 1. The van der Waals surface area contributed by atoms with E-state index >= 15 is 0 Å². The van der Waals surface area contributed by atoms with Crippen molar-refractivity contribution in [1.82, 2.24) is 83.4 Å². The molecule has 4 aliphatic heterocycles. The second-order valence-corrected chi connectivity index (χ2v) is 42.3. The van der Waals surface area contributed by atoms with Crippen LogP contribution in [0.1, 0.15) is 181 Å². The molecule has 0 spiro atoms. The third-order valence-electron chi connectivity index (χ3n) is 22.6. The summed E-state index contributed by atoms with van der Waals surface area (Å²) in [6.45, 7) is 33.1. The third-order valence-corrected chi connectivity index (χ3v) is 28.2. The van der Waals surface area contributed by atoms with E-state index in [9.17, 15) is 53.2 Å². The van der Waals surface area contributed by atoms with Crippen LogP contribution >= 0.6 is 34.8 Å². The van der Waals surface area contributed by atoms with Crippen molar-refractivity contribution in [3.63, 3.8) is 0 Å². The van der Waals surface area contributed by atoms with Gasteiger partial charge in [0.15, 0.2) is 39.3 Å². The molecule has 47 heteroatoms. The zero-order valence-corrected chi connectivity index (χ0v) is 86.1. The largest absolute Gasteiger partial charge is 1.00 e. The second kappa shape index (κ2) is 45.4. The molecule has 0 saturated carbocycles. The molecular weight excluding hydrogens is 1900 g/mol. The van der Waals surface area contributed by atoms with Gasteiger partial charge in [-0.3, -0.25) is 4.79 Å². The Morgan fingerprint density at radius 2 is 0.741 bits per heavy atom. The Morgan fingerprint density at radius 3 is 1.02 bits per heavy atom. The first kappa shape index (κ1) is 110. The maximum Gasteiger partial charge on any atom is 1.00 e. The Balaban J connectivity index is 0.000000210. The summed E-state index contributed by atoms with van der Waals surface area (Å²) in [5.41, 5.74) is 11.2. The number of anilines is 3. The number of aryl methyl sites for hydroxylation is 6. The van der Waals surface area contributed by atoms with Crippen LogP contribution in [-0.4, -0.2) is 226 Å². The molecular formula is C88H112Cl3N20NaO19S4. The van der Waals surface area contributed by atoms with Crippen LogP contribution in [0.5, 0.6) is 0 Å². The first-order chi connectivity index (χ1) is 62.5. The van der Waals surface area contributed by atoms with Crippen molar-refractivity contribution in [1.29, 1.82) is 0 Å². The smallest absolute Gasteiger partial charge is 0.662 e. The number of nitrogens with zero attached hydrogens (tertiary/aromatic N) is 19. The number of hydrogen-bond acceptors (Lipinski definition) is 35. The summed E-state index contributed by atoms with van der Waals surface area (Å²) in [4.78, 5) is 108. The second-order valence-electron chi connectivity index (χ2n) is 33.3. The van der Waals surface area contributed by atoms with Crippen LogP contribution in [-0.2, 0) is 96.0 Å². The topological polar surface area (TPSA) is 501 Å². The Bertz CT molecular complexity index is 6720. The molecule has 0 radical (unpaired) electrons. The fraction of sp³-hybridized carbons (Fsp3) is 0.455. The molecule has 4 aromatic carbocycles. The van der Waals surface area contributed by atoms with Crippen molar-refractivity contribution in [2.24, 2.45) is 23.7 Å². The standard InChI is InChI=1S/C22H27N5O4S.C21H24ClN5O4S.C21H27N5O3S.C16H21N3O4S.C5H4Cl2N2.CH2O3.CH4O.CH4.Na/c1-12(2)19-20-25-16-9-15(21(28)31-5)18(32(6,29)30)10-17(16)26(20)7-8-27(19)22-23-11-13(3)14(4)24-22;1-11(2)17-19-24-14-8-13(20(28)31-4)16(32(5,29)30)9-15(14)26(19)6-7-27(17)21-23-10-12(3)18(22)25-21;1-12(2)19-20-24-16-8-15(11-27)18(30(5,28)29)9-17(16)25(20)6-7-26(19)21-22-10-13(3)14(4)23-21;1-9(2)14-15-18-11-7-10(16(20)23-3)13(24(4,21)22)8-12(11)19(15)6-5-17-14;1-3-2-8-5(7)9-4(3)6;2-1-4-3;1-2;;/h9-12,19H,7-8H2,1-6H3;8-11,17H,6-7H2,1-5H3;8-10,12,19,27H,6-7,11H2,1-5H3;7-9,14,17H,5-6H2,1-4H3;2H,1H3;1,3H;2H,1H3;1H4;/q;;;;;;;;+1/p-1/t19-;17-;19-;14-;;;;;/m1111...../s1. The number of rotatable bonds is 16. The monoisotopic (exact) mass is 2010 g/mol. The minimum absolute atomic E-state index is 0. The summed E-state index contributed by atoms with van der Waals surface area (Å²) in [7, 11) is -9.67. The number of benzene rings is 4. The number of aliphatic hydroxyl groups excluding tert-OH is 2. The number of imidazole rings is 4. The maximum atomic E-state index is 12.4. The Labute approximate surface area is 821 Å². The normalized spacial score (nSPS) is 15.6. The first-order valence-corrected chi connectivity index (χ1v) is 50.5. The minimum atomic E-state index is -3.66. The fourth-order valence-corrected chi connectivity index (χ4v) is 20.1. The van der Waals surface area contributed by atoms with E-state index in [-0.39, 0.29) is 134 Å². The van der Waals surface area contributed by atoms with Gasteiger partial charge in [-0.15, -0.1) is 0 Å². The van der Waals surface area contributed by atoms with Gasteiger partial charge in [0, 0.05) is 132 Å². The number of carbonyl (C=O) groups excluding carboxylic acids is 4. The average Bonchev–Trinajstić information content (AvgIpc) is 1.61. The molecule has 0 aliphatic carbocycles. The number of hydrogen-bond donors (Lipinski definition) is 3. The van der Waals surface area contributed by atoms with Gasteiger partial charge < -0.3 is 72.9 Å². The number of sulfone groups is 4. The van der Waals surface area contributed by atoms with E-state index in [1.165, 1.54) is 57.7 Å². The van der Waals surface area contributed by atoms with E-state index < -0.39 is 57.3 Å². The average molecular weight is 2010 g/mol. The molecule has 0 saturated heterocycles. The van der Waals surface area contributed by atoms with Crippen LogP contribution in [0.2, 0.25) is 15.6 Å². The Hall–Kier alpha value is -10.1. The molecule has 0 unspecified atom stereocenters. The van der Waals surface area contributed by atoms with E-state index in [1.54, 1.807) is 24.5 Å². The van der Waals surface area contributed by atoms with E-state index in [1.807, 2.05) is 67.6 Å². The number of methoxy groups -OCH3 is 3. The van der Waals surface area contributed by atoms with Crippen molar-refractivity contribution in [3.05, 3.63) is 168 Å². The van der Waals surface area contributed by atoms with Gasteiger partial charge in [-0.2, -0.15) is 0 Å². The number of aromatic nitrogens is 16. The van der Waals surface area contributed by atoms with Crippen LogP contribution in [0.15, 0.2) is 92.9 Å². The molecule has 16 rings (SSSR count). The number of aliphatic hydroxyl groups is 2. The molecule has 724 valence electrons. The fourth-order valence-electron chi connectivity index (χ4n) is 16.1. The summed E-state index contributed by atoms with van der Waals surface area (Å²) >= 11 is 17.2. The van der Waals surface area contributed by atoms with Gasteiger partial charge >= 0.3 is 47.5 Å². The third kappa shape index (κ3) is 24.2. The summed E-state index contributed by atoms with van der Waals surface area (Å²) in [6, 6.07) is 12.2. The molecule has 3 N–H and O–H groups in total. The molecule has 4 atom stereocenters. The summed E-state index contributed by atoms with van der Waals surface area (Å²) in [5.74, 6) is 3.93. The van der Waals surface area contributed by atoms with Gasteiger partial charge in [0.1, 0.15) is 33.6 Å². The zero-order chi connectivity index (χ0) is 98.4. The number of carbonyl (C=O) groups is 4. The van der Waals surface area contributed by atoms with Crippen LogP contribution in [0, 0.1) is 65.2 Å². The number of fused-ring (bicyclic) bond motifs is 12. The SMILES string of the molecule is C.CO.COC(=O)c1cc2nc3n(c2cc1S(C)(=O)=O)CCN(c1ncc(C)c(C)n1)[C@@H]3C(C)C.COC(=O)c1cc2nc3n(c2cc1S(C)(=O)=O)CCN(c1ncc(C)c(Cl)n1)[C@@H]3C(C)C.COC(=O)c1cc2nc3n(c2cc1S(C)(=O)=O)CCN[C@@H]3C(C)C.Cc1cnc(Cl)nc1Cl.Cc1cnc(N2CCn3c(nc4cc(CO)c(S(C)(=O)=O)cc43)[C@H]2C(C)C)nc1C.O=CO[O-].[Na+]. The van der Waals surface area contributed by atoms with Crippen LogP contribution < -0.4 is 54.8 Å². The van der Waals surface area contributed by atoms with Gasteiger partial charge in [0.05, 0.1) is 133 Å². The molecule has 8 aromatic heterocycles. The molecule has 12 heterocycles. The number of halogens is 3. The first-order valence-electron chi connectivity index (χ1n) is 41.8. The van der Waals surface area contributed by atoms with Gasteiger partial charge in [-0.25, -0.2) is 108 Å². The molecule has 0 bridgehead atoms. The van der Waals surface area contributed by atoms with E-state index in [2.05, 4.69) is 125 Å². The molecule has 135 heavy (non-hydrogen) atoms. The van der Waals surface area contributed by atoms with E-state index in [0.29, 0.717) is 119 Å². The molecule has 12 aromatic rings. The van der Waals surface area contributed by atoms with Gasteiger partial charge in [0.25, 0.3) is 6.47 Å². The molecule has 0 amide bonds. The van der Waals surface area contributed by atoms with Gasteiger partial charge in [-0.05, 0) is 142 Å². The van der Waals surface area contributed by atoms with Crippen molar-refractivity contribution < 1.29 is 117 Å². The number of esters is 3. The summed E-state index contributed by atoms with van der Waals surface area (Å²) in [6.07, 6.45) is 11.4. The van der Waals surface area contributed by atoms with Crippen molar-refractivity contribution in [3.8, 4) is 0 Å². The van der Waals surface area contributed by atoms with Gasteiger partial charge in [-0.1, -0.05) is 86.0 Å². The van der Waals surface area contributed by atoms with Crippen molar-refractivity contribution in [2.75, 3.05) is 94.3 Å². The zero-order valence-electron chi connectivity index (χ0n) is 78.6. The molecule has 4 aliphatic rings. The van der Waals surface area contributed by atoms with Crippen LogP contribution in [0.3, 0.4) is 0 Å².